The number of urea groups is 1. The van der Waals surface area contributed by atoms with E-state index in [4.69, 9.17) is 0 Å². The molecule has 158 valence electrons. The lowest BCUT2D eigenvalue weighted by atomic mass is 9.88. The zero-order valence-corrected chi connectivity index (χ0v) is 17.3. The van der Waals surface area contributed by atoms with Crippen LogP contribution in [-0.2, 0) is 16.9 Å². The highest BCUT2D eigenvalue weighted by molar-refractivity contribution is 6.09. The summed E-state index contributed by atoms with van der Waals surface area (Å²) >= 11 is 0. The maximum absolute atomic E-state index is 13.5. The number of benzene rings is 3. The number of imide groups is 1. The molecular weight excluding hydrogens is 393 g/mol. The summed E-state index contributed by atoms with van der Waals surface area (Å²) in [6.45, 7) is 2.55. The van der Waals surface area contributed by atoms with Crippen molar-refractivity contribution in [2.75, 3.05) is 6.67 Å². The molecule has 1 N–H and O–H groups in total. The molecular formula is C25H24FN3O2. The molecule has 0 radical (unpaired) electrons. The van der Waals surface area contributed by atoms with Gasteiger partial charge in [-0.3, -0.25) is 9.69 Å². The van der Waals surface area contributed by atoms with Crippen molar-refractivity contribution in [2.45, 2.75) is 37.9 Å². The van der Waals surface area contributed by atoms with Crippen LogP contribution in [0.15, 0.2) is 66.7 Å². The number of nitrogens with one attached hydrogen (secondary N) is 1. The van der Waals surface area contributed by atoms with Gasteiger partial charge < -0.3 is 5.32 Å². The lowest BCUT2D eigenvalue weighted by Crippen LogP contribution is -2.44. The number of hydrogen-bond acceptors (Lipinski definition) is 3. The van der Waals surface area contributed by atoms with Crippen LogP contribution >= 0.6 is 0 Å². The predicted molar refractivity (Wildman–Crippen MR) is 117 cm³/mol. The first-order chi connectivity index (χ1) is 15.0. The maximum atomic E-state index is 13.5. The molecule has 1 saturated heterocycles. The van der Waals surface area contributed by atoms with Crippen LogP contribution in [0.25, 0.3) is 10.8 Å². The maximum Gasteiger partial charge on any atom is 0.326 e. The molecule has 1 atom stereocenters. The molecule has 31 heavy (non-hydrogen) atoms. The molecule has 5 nitrogen and oxygen atoms in total. The van der Waals surface area contributed by atoms with Gasteiger partial charge in [0.25, 0.3) is 5.91 Å². The van der Waals surface area contributed by atoms with Gasteiger partial charge in [0.15, 0.2) is 0 Å². The quantitative estimate of drug-likeness (QED) is 0.606. The van der Waals surface area contributed by atoms with Crippen molar-refractivity contribution in [1.29, 1.82) is 0 Å². The van der Waals surface area contributed by atoms with Crippen LogP contribution in [0.3, 0.4) is 0 Å². The minimum atomic E-state index is -1.12. The van der Waals surface area contributed by atoms with Gasteiger partial charge in [-0.05, 0) is 53.8 Å². The van der Waals surface area contributed by atoms with Crippen molar-refractivity contribution in [1.82, 2.24) is 15.1 Å². The molecule has 3 aromatic rings. The minimum absolute atomic E-state index is 0.215. The van der Waals surface area contributed by atoms with E-state index in [1.165, 1.54) is 17.0 Å². The summed E-state index contributed by atoms with van der Waals surface area (Å²) < 4.78 is 13.3. The summed E-state index contributed by atoms with van der Waals surface area (Å²) in [7, 11) is 0. The van der Waals surface area contributed by atoms with Crippen LogP contribution in [0.5, 0.6) is 0 Å². The average molecular weight is 417 g/mol. The van der Waals surface area contributed by atoms with Gasteiger partial charge in [0, 0.05) is 12.6 Å². The van der Waals surface area contributed by atoms with E-state index in [0.717, 1.165) is 34.7 Å². The molecule has 1 aliphatic heterocycles. The van der Waals surface area contributed by atoms with Crippen molar-refractivity contribution in [3.63, 3.8) is 0 Å². The van der Waals surface area contributed by atoms with Crippen LogP contribution < -0.4 is 5.32 Å². The molecule has 0 unspecified atom stereocenters. The SMILES string of the molecule is C[C@@]1(c2cccc3ccccc23)NC(=O)N(CN(Cc2ccc(F)cc2)C2CC2)C1=O. The number of fused-ring (bicyclic) bond motifs is 1. The third-order valence-electron chi connectivity index (χ3n) is 6.29. The van der Waals surface area contributed by atoms with E-state index in [0.29, 0.717) is 12.6 Å². The Morgan fingerprint density at radius 1 is 1.03 bits per heavy atom. The number of rotatable bonds is 6. The Kier molecular flexibility index (Phi) is 4.74. The number of carbonyl (C=O) groups is 2. The summed E-state index contributed by atoms with van der Waals surface area (Å²) in [6.07, 6.45) is 2.07. The van der Waals surface area contributed by atoms with Crippen molar-refractivity contribution >= 4 is 22.7 Å². The Morgan fingerprint density at radius 3 is 2.48 bits per heavy atom. The monoisotopic (exact) mass is 417 g/mol. The summed E-state index contributed by atoms with van der Waals surface area (Å²) in [6, 6.07) is 20.0. The smallest absolute Gasteiger partial charge is 0.319 e. The predicted octanol–water partition coefficient (Wildman–Crippen LogP) is 4.37. The molecule has 0 bridgehead atoms. The molecule has 0 spiro atoms. The number of halogens is 1. The van der Waals surface area contributed by atoms with Gasteiger partial charge in [-0.15, -0.1) is 0 Å². The van der Waals surface area contributed by atoms with Gasteiger partial charge >= 0.3 is 6.03 Å². The van der Waals surface area contributed by atoms with Crippen LogP contribution in [0.1, 0.15) is 30.9 Å². The van der Waals surface area contributed by atoms with Gasteiger partial charge in [0.2, 0.25) is 0 Å². The largest absolute Gasteiger partial charge is 0.326 e. The lowest BCUT2D eigenvalue weighted by Gasteiger charge is -2.28. The van der Waals surface area contributed by atoms with Crippen LogP contribution in [0.2, 0.25) is 0 Å². The number of carbonyl (C=O) groups excluding carboxylic acids is 2. The molecule has 3 amide bonds. The van der Waals surface area contributed by atoms with Gasteiger partial charge in [0.1, 0.15) is 11.4 Å². The Hall–Kier alpha value is -3.25. The summed E-state index contributed by atoms with van der Waals surface area (Å²) in [5, 5.41) is 4.91. The zero-order valence-electron chi connectivity index (χ0n) is 17.3. The van der Waals surface area contributed by atoms with Crippen LogP contribution in [-0.4, -0.2) is 34.4 Å². The van der Waals surface area contributed by atoms with Crippen molar-refractivity contribution < 1.29 is 14.0 Å². The normalized spacial score (nSPS) is 21.2. The van der Waals surface area contributed by atoms with E-state index >= 15 is 0 Å². The van der Waals surface area contributed by atoms with Gasteiger partial charge in [0.05, 0.1) is 6.67 Å². The Labute approximate surface area is 180 Å². The van der Waals surface area contributed by atoms with E-state index in [9.17, 15) is 14.0 Å². The molecule has 1 aliphatic carbocycles. The third kappa shape index (κ3) is 3.57. The highest BCUT2D eigenvalue weighted by atomic mass is 19.1. The Balaban J connectivity index is 1.42. The Morgan fingerprint density at radius 2 is 1.74 bits per heavy atom. The molecule has 0 aromatic heterocycles. The first-order valence-corrected chi connectivity index (χ1v) is 10.6. The molecule has 3 aromatic carbocycles. The number of hydrogen-bond donors (Lipinski definition) is 1. The first-order valence-electron chi connectivity index (χ1n) is 10.6. The summed E-state index contributed by atoms with van der Waals surface area (Å²) in [5.41, 5.74) is 0.628. The number of amides is 3. The summed E-state index contributed by atoms with van der Waals surface area (Å²) in [5.74, 6) is -0.528. The lowest BCUT2D eigenvalue weighted by molar-refractivity contribution is -0.132. The third-order valence-corrected chi connectivity index (χ3v) is 6.29. The highest BCUT2D eigenvalue weighted by Crippen LogP contribution is 2.35. The van der Waals surface area contributed by atoms with E-state index in [2.05, 4.69) is 10.2 Å². The molecule has 1 heterocycles. The van der Waals surface area contributed by atoms with E-state index in [1.807, 2.05) is 42.5 Å². The summed E-state index contributed by atoms with van der Waals surface area (Å²) in [4.78, 5) is 29.9. The Bertz CT molecular complexity index is 1150. The van der Waals surface area contributed by atoms with Crippen LogP contribution in [0, 0.1) is 5.82 Å². The van der Waals surface area contributed by atoms with Gasteiger partial charge in [-0.25, -0.2) is 14.1 Å². The minimum Gasteiger partial charge on any atom is -0.319 e. The zero-order chi connectivity index (χ0) is 21.6. The van der Waals surface area contributed by atoms with Gasteiger partial charge in [-0.2, -0.15) is 0 Å². The standard InChI is InChI=1S/C25H24FN3O2/c1-25(22-8-4-6-18-5-2-3-7-21(18)22)23(30)29(24(31)27-25)16-28(20-13-14-20)15-17-9-11-19(26)12-10-17/h2-12,20H,13-16H2,1H3,(H,27,31)/t25-/m0/s1. The van der Waals surface area contributed by atoms with Crippen molar-refractivity contribution in [3.8, 4) is 0 Å². The fourth-order valence-corrected chi connectivity index (χ4v) is 4.41. The fourth-order valence-electron chi connectivity index (χ4n) is 4.41. The van der Waals surface area contributed by atoms with Crippen molar-refractivity contribution in [2.24, 2.45) is 0 Å². The van der Waals surface area contributed by atoms with Crippen LogP contribution in [0.4, 0.5) is 9.18 Å². The first kappa shape index (κ1) is 19.7. The van der Waals surface area contributed by atoms with E-state index in [1.54, 1.807) is 19.1 Å². The average Bonchev–Trinajstić information content (AvgIpc) is 3.59. The molecule has 6 heteroatoms. The second kappa shape index (κ2) is 7.46. The molecule has 1 saturated carbocycles. The molecule has 5 rings (SSSR count). The molecule has 2 fully saturated rings. The highest BCUT2D eigenvalue weighted by Gasteiger charge is 2.50. The van der Waals surface area contributed by atoms with E-state index < -0.39 is 5.54 Å². The van der Waals surface area contributed by atoms with E-state index in [-0.39, 0.29) is 24.4 Å². The van der Waals surface area contributed by atoms with Gasteiger partial charge in [-0.1, -0.05) is 54.6 Å². The fraction of sp³-hybridized carbons (Fsp3) is 0.280. The second-order valence-electron chi connectivity index (χ2n) is 8.56. The topological polar surface area (TPSA) is 52.7 Å². The number of nitrogens with zero attached hydrogens (tertiary/aromatic N) is 2. The second-order valence-corrected chi connectivity index (χ2v) is 8.56. The molecule has 2 aliphatic rings. The van der Waals surface area contributed by atoms with Crippen molar-refractivity contribution in [3.05, 3.63) is 83.7 Å².